The van der Waals surface area contributed by atoms with Gasteiger partial charge in [-0.1, -0.05) is 11.6 Å². The molecule has 0 aliphatic heterocycles. The third-order valence-electron chi connectivity index (χ3n) is 2.01. The van der Waals surface area contributed by atoms with Crippen LogP contribution >= 0.6 is 25.2 Å². The van der Waals surface area contributed by atoms with Crippen LogP contribution in [0.1, 0.15) is 5.56 Å². The molecule has 0 unspecified atom stereocenters. The van der Waals surface area contributed by atoms with Crippen molar-refractivity contribution in [3.05, 3.63) is 65.2 Å². The predicted molar refractivity (Wildman–Crippen MR) is 70.0 cm³/mol. The van der Waals surface area contributed by atoms with Gasteiger partial charge in [0.05, 0.1) is 6.61 Å². The van der Waals surface area contributed by atoms with Gasteiger partial charge in [0.25, 0.3) is 0 Å². The van der Waals surface area contributed by atoms with Crippen LogP contribution in [0.5, 0.6) is 5.75 Å². The van der Waals surface area contributed by atoms with Crippen LogP contribution < -0.4 is 4.74 Å². The van der Waals surface area contributed by atoms with E-state index in [0.29, 0.717) is 6.61 Å². The van der Waals surface area contributed by atoms with E-state index in [9.17, 15) is 0 Å². The van der Waals surface area contributed by atoms with Crippen LogP contribution in [-0.2, 0) is 22.9 Å². The summed E-state index contributed by atoms with van der Waals surface area (Å²) in [6.45, 7) is 0.566. The zero-order valence-corrected chi connectivity index (χ0v) is 14.5. The second-order valence-electron chi connectivity index (χ2n) is 3.15. The quantitative estimate of drug-likeness (QED) is 0.574. The van der Waals surface area contributed by atoms with Gasteiger partial charge in [-0.2, -0.15) is 30.3 Å². The van der Waals surface area contributed by atoms with Gasteiger partial charge in [0.2, 0.25) is 0 Å². The fourth-order valence-electron chi connectivity index (χ4n) is 1.22. The van der Waals surface area contributed by atoms with E-state index in [1.807, 2.05) is 48.5 Å². The maximum absolute atomic E-state index is 5.77. The first kappa shape index (κ1) is 14.7. The molecule has 0 spiro atoms. The molecule has 0 aliphatic carbocycles. The minimum atomic E-state index is 0.566. The van der Waals surface area contributed by atoms with Gasteiger partial charge in [0.1, 0.15) is 5.75 Å². The maximum atomic E-state index is 5.77. The molecule has 84 valence electrons. The minimum absolute atomic E-state index is 0.566. The average Bonchev–Trinajstić information content (AvgIpc) is 2.42. The Bertz CT molecular complexity index is 419. The number of ether oxygens (including phenoxy) is 1. The van der Waals surface area contributed by atoms with E-state index in [1.54, 1.807) is 0 Å². The van der Waals surface area contributed by atoms with Crippen LogP contribution in [0.25, 0.3) is 0 Å². The molecule has 0 fully saturated rings. The Morgan fingerprint density at radius 3 is 2.24 bits per heavy atom. The van der Waals surface area contributed by atoms with Crippen molar-refractivity contribution in [3.8, 4) is 5.75 Å². The molecule has 1 nitrogen and oxygen atoms in total. The Balaban J connectivity index is 0.000000686. The van der Waals surface area contributed by atoms with Gasteiger partial charge < -0.3 is 4.74 Å². The van der Waals surface area contributed by atoms with Crippen LogP contribution in [-0.4, -0.2) is 0 Å². The first-order valence-electron chi connectivity index (χ1n) is 4.95. The van der Waals surface area contributed by atoms with Gasteiger partial charge in [0, 0.05) is 5.02 Å². The fourth-order valence-corrected chi connectivity index (χ4v) is 1.34. The van der Waals surface area contributed by atoms with Crippen molar-refractivity contribution in [2.75, 3.05) is 0 Å². The van der Waals surface area contributed by atoms with Crippen LogP contribution in [0.4, 0.5) is 0 Å². The average molecular weight is 363 g/mol. The third kappa shape index (κ3) is 5.67. The molecule has 17 heavy (non-hydrogen) atoms. The van der Waals surface area contributed by atoms with Gasteiger partial charge in [0.15, 0.2) is 0 Å². The molecule has 0 saturated heterocycles. The monoisotopic (exact) mass is 360 g/mol. The molecule has 0 saturated carbocycles. The summed E-state index contributed by atoms with van der Waals surface area (Å²) in [5.41, 5.74) is 1.13. The van der Waals surface area contributed by atoms with E-state index in [0.717, 1.165) is 16.3 Å². The molecular formula is C13H10BrClOZn. The normalized spacial score (nSPS) is 9.18. The molecule has 0 radical (unpaired) electrons. The molecule has 4 heteroatoms. The Morgan fingerprint density at radius 1 is 1.06 bits per heavy atom. The number of rotatable bonds is 3. The fraction of sp³-hybridized carbons (Fsp3) is 0.0769. The van der Waals surface area contributed by atoms with E-state index >= 15 is 0 Å². The van der Waals surface area contributed by atoms with E-state index in [2.05, 4.69) is 19.7 Å². The van der Waals surface area contributed by atoms with Crippen molar-refractivity contribution in [1.82, 2.24) is 0 Å². The SMILES string of the molecule is Clc1ccc(OCc2cc[c-]cc2)cc1.[Zn+][Br]. The molecule has 0 N–H and O–H groups in total. The van der Waals surface area contributed by atoms with Crippen LogP contribution in [0.15, 0.2) is 48.5 Å². The number of hydrogen-bond donors (Lipinski definition) is 0. The van der Waals surface area contributed by atoms with Crippen LogP contribution in [0.2, 0.25) is 5.02 Å². The summed E-state index contributed by atoms with van der Waals surface area (Å²) in [7, 11) is 0. The standard InChI is InChI=1S/C13H10ClO.BrH.Zn/c14-12-6-8-13(9-7-12)15-10-11-4-2-1-3-5-11;;/h2-9H,10H2;1H;/q-1;;+2/p-1. The summed E-state index contributed by atoms with van der Waals surface area (Å²) in [6.07, 6.45) is 0. The van der Waals surface area contributed by atoms with Crippen molar-refractivity contribution in [2.24, 2.45) is 0 Å². The number of benzene rings is 2. The molecule has 0 atom stereocenters. The van der Waals surface area contributed by atoms with Crippen LogP contribution in [0, 0.1) is 6.07 Å². The molecule has 2 aromatic carbocycles. The second kappa shape index (κ2) is 8.68. The summed E-state index contributed by atoms with van der Waals surface area (Å²) >= 11 is 10.0. The Labute approximate surface area is 123 Å². The van der Waals surface area contributed by atoms with Crippen molar-refractivity contribution in [1.29, 1.82) is 0 Å². The molecule has 0 amide bonds. The molecular weight excluding hydrogens is 353 g/mol. The van der Waals surface area contributed by atoms with Crippen molar-refractivity contribution in [2.45, 2.75) is 6.61 Å². The summed E-state index contributed by atoms with van der Waals surface area (Å²) in [4.78, 5) is 0. The first-order chi connectivity index (χ1) is 8.34. The zero-order valence-electron chi connectivity index (χ0n) is 9.20. The van der Waals surface area contributed by atoms with Gasteiger partial charge >= 0.3 is 30.0 Å². The van der Waals surface area contributed by atoms with Gasteiger partial charge in [-0.05, 0) is 24.3 Å². The number of hydrogen-bond acceptors (Lipinski definition) is 1. The van der Waals surface area contributed by atoms with E-state index < -0.39 is 0 Å². The molecule has 0 bridgehead atoms. The number of halogens is 2. The van der Waals surface area contributed by atoms with Crippen molar-refractivity contribution >= 4 is 25.2 Å². The molecule has 0 aliphatic rings. The molecule has 0 heterocycles. The summed E-state index contributed by atoms with van der Waals surface area (Å²) in [6, 6.07) is 18.0. The third-order valence-corrected chi connectivity index (χ3v) is 2.26. The van der Waals surface area contributed by atoms with E-state index in [-0.39, 0.29) is 0 Å². The Hall–Kier alpha value is -0.367. The molecule has 2 aromatic rings. The summed E-state index contributed by atoms with van der Waals surface area (Å²) in [5.74, 6) is 0.826. The molecule has 2 rings (SSSR count). The van der Waals surface area contributed by atoms with Crippen molar-refractivity contribution in [3.63, 3.8) is 0 Å². The first-order valence-corrected chi connectivity index (χ1v) is 12.3. The second-order valence-corrected chi connectivity index (χ2v) is 3.59. The topological polar surface area (TPSA) is 9.23 Å². The summed E-state index contributed by atoms with van der Waals surface area (Å²) in [5, 5.41) is 0.719. The van der Waals surface area contributed by atoms with Crippen molar-refractivity contribution < 1.29 is 21.1 Å². The predicted octanol–water partition coefficient (Wildman–Crippen LogP) is 4.56. The van der Waals surface area contributed by atoms with Gasteiger partial charge in [-0.15, -0.1) is 5.56 Å². The Morgan fingerprint density at radius 2 is 1.65 bits per heavy atom. The molecule has 0 aromatic heterocycles. The van der Waals surface area contributed by atoms with Crippen LogP contribution in [0.3, 0.4) is 0 Å². The van der Waals surface area contributed by atoms with Gasteiger partial charge in [-0.3, -0.25) is 0 Å². The summed E-state index contributed by atoms with van der Waals surface area (Å²) < 4.78 is 5.57. The van der Waals surface area contributed by atoms with Gasteiger partial charge in [-0.25, -0.2) is 0 Å². The van der Waals surface area contributed by atoms with E-state index in [1.165, 1.54) is 16.3 Å². The van der Waals surface area contributed by atoms with E-state index in [4.69, 9.17) is 16.3 Å². The Kier molecular flexibility index (Phi) is 7.51. The zero-order chi connectivity index (χ0) is 12.5.